The molecule has 1 atom stereocenters. The molecule has 0 aliphatic heterocycles. The Hall–Kier alpha value is -1.49. The van der Waals surface area contributed by atoms with Gasteiger partial charge in [0.05, 0.1) is 17.8 Å². The summed E-state index contributed by atoms with van der Waals surface area (Å²) in [5, 5.41) is 13.2. The molecule has 0 saturated carbocycles. The summed E-state index contributed by atoms with van der Waals surface area (Å²) in [6, 6.07) is 8.19. The number of fused-ring (bicyclic) bond motifs is 1. The van der Waals surface area contributed by atoms with Crippen molar-refractivity contribution in [3.05, 3.63) is 35.4 Å². The number of rotatable bonds is 5. The average molecular weight is 278 g/mol. The number of carbonyl (C=O) groups is 2. The van der Waals surface area contributed by atoms with Gasteiger partial charge in [-0.3, -0.25) is 4.79 Å². The highest BCUT2D eigenvalue weighted by atomic mass is 32.2. The Balaban J connectivity index is 1.90. The van der Waals surface area contributed by atoms with E-state index in [4.69, 9.17) is 0 Å². The maximum atomic E-state index is 11.8. The Labute approximate surface area is 116 Å². The minimum absolute atomic E-state index is 0.0565. The predicted octanol–water partition coefficient (Wildman–Crippen LogP) is 0.663. The zero-order chi connectivity index (χ0) is 13.7. The first-order valence-electron chi connectivity index (χ1n) is 6.31. The zero-order valence-electron chi connectivity index (χ0n) is 10.6. The van der Waals surface area contributed by atoms with Crippen molar-refractivity contribution in [1.82, 2.24) is 5.32 Å². The predicted molar refractivity (Wildman–Crippen MR) is 72.6 cm³/mol. The van der Waals surface area contributed by atoms with Crippen molar-refractivity contribution in [2.45, 2.75) is 25.3 Å². The van der Waals surface area contributed by atoms with Crippen LogP contribution in [0.3, 0.4) is 0 Å². The van der Waals surface area contributed by atoms with Crippen molar-refractivity contribution in [3.8, 4) is 0 Å². The molecule has 19 heavy (non-hydrogen) atoms. The van der Waals surface area contributed by atoms with E-state index in [0.29, 0.717) is 0 Å². The molecule has 1 amide bonds. The van der Waals surface area contributed by atoms with Crippen LogP contribution in [0.2, 0.25) is 0 Å². The Morgan fingerprint density at radius 2 is 2.11 bits per heavy atom. The average Bonchev–Trinajstić information content (AvgIpc) is 2.39. The first-order valence-corrected chi connectivity index (χ1v) is 7.47. The number of thioether (sulfide) groups is 1. The van der Waals surface area contributed by atoms with Gasteiger partial charge in [-0.05, 0) is 30.4 Å². The fraction of sp³-hybridized carbons (Fsp3) is 0.429. The van der Waals surface area contributed by atoms with Crippen molar-refractivity contribution >= 4 is 23.6 Å². The molecule has 0 aromatic heterocycles. The molecule has 5 heteroatoms. The molecule has 1 aliphatic carbocycles. The third-order valence-corrected chi connectivity index (χ3v) is 4.06. The molecule has 1 N–H and O–H groups in total. The number of aryl methyl sites for hydroxylation is 1. The van der Waals surface area contributed by atoms with E-state index in [1.165, 1.54) is 11.1 Å². The van der Waals surface area contributed by atoms with Gasteiger partial charge in [-0.2, -0.15) is 0 Å². The number of carboxylic acids is 1. The Bertz CT molecular complexity index is 476. The van der Waals surface area contributed by atoms with Gasteiger partial charge >= 0.3 is 0 Å². The normalized spacial score (nSPS) is 17.6. The van der Waals surface area contributed by atoms with Crippen LogP contribution in [-0.4, -0.2) is 23.4 Å². The van der Waals surface area contributed by atoms with Gasteiger partial charge in [0.15, 0.2) is 0 Å². The minimum atomic E-state index is -1.14. The first-order chi connectivity index (χ1) is 9.16. The third kappa shape index (κ3) is 3.99. The minimum Gasteiger partial charge on any atom is -0.549 e. The Morgan fingerprint density at radius 1 is 1.32 bits per heavy atom. The number of amides is 1. The van der Waals surface area contributed by atoms with Crippen LogP contribution in [0.5, 0.6) is 0 Å². The smallest absolute Gasteiger partial charge is 0.230 e. The summed E-state index contributed by atoms with van der Waals surface area (Å²) in [5.74, 6) is -1.24. The zero-order valence-corrected chi connectivity index (χ0v) is 11.4. The SMILES string of the molecule is O=C([O-])CSCC(=O)N[C@H]1CCCc2ccccc21. The summed E-state index contributed by atoms with van der Waals surface area (Å²) in [6.07, 6.45) is 3.06. The van der Waals surface area contributed by atoms with Crippen LogP contribution in [0.4, 0.5) is 0 Å². The van der Waals surface area contributed by atoms with Gasteiger partial charge in [-0.1, -0.05) is 24.3 Å². The molecule has 0 fully saturated rings. The highest BCUT2D eigenvalue weighted by Gasteiger charge is 2.20. The molecule has 1 aliphatic rings. The van der Waals surface area contributed by atoms with Crippen LogP contribution in [0.15, 0.2) is 24.3 Å². The van der Waals surface area contributed by atoms with Crippen molar-refractivity contribution < 1.29 is 14.7 Å². The molecular formula is C14H16NO3S-. The number of aliphatic carboxylic acids is 1. The summed E-state index contributed by atoms with van der Waals surface area (Å²) in [4.78, 5) is 22.0. The highest BCUT2D eigenvalue weighted by Crippen LogP contribution is 2.29. The standard InChI is InChI=1S/C14H17NO3S/c16-13(8-19-9-14(17)18)15-12-7-3-5-10-4-1-2-6-11(10)12/h1-2,4,6,12H,3,5,7-9H2,(H,15,16)(H,17,18)/p-1/t12-/m0/s1. The Morgan fingerprint density at radius 3 is 2.89 bits per heavy atom. The number of benzene rings is 1. The van der Waals surface area contributed by atoms with Crippen molar-refractivity contribution in [2.75, 3.05) is 11.5 Å². The topological polar surface area (TPSA) is 69.2 Å². The number of hydrogen-bond acceptors (Lipinski definition) is 4. The van der Waals surface area contributed by atoms with Gasteiger partial charge < -0.3 is 15.2 Å². The van der Waals surface area contributed by atoms with Crippen LogP contribution in [0, 0.1) is 0 Å². The summed E-state index contributed by atoms with van der Waals surface area (Å²) in [5.41, 5.74) is 2.48. The lowest BCUT2D eigenvalue weighted by atomic mass is 9.88. The van der Waals surface area contributed by atoms with Crippen LogP contribution in [0.1, 0.15) is 30.0 Å². The van der Waals surface area contributed by atoms with Crippen LogP contribution in [0.25, 0.3) is 0 Å². The molecule has 0 heterocycles. The van der Waals surface area contributed by atoms with E-state index < -0.39 is 5.97 Å². The van der Waals surface area contributed by atoms with Gasteiger partial charge in [0.25, 0.3) is 0 Å². The summed E-state index contributed by atoms with van der Waals surface area (Å²) in [6.45, 7) is 0. The van der Waals surface area contributed by atoms with Crippen LogP contribution >= 0.6 is 11.8 Å². The second-order valence-corrected chi connectivity index (χ2v) is 5.56. The van der Waals surface area contributed by atoms with Crippen molar-refractivity contribution in [3.63, 3.8) is 0 Å². The maximum Gasteiger partial charge on any atom is 0.230 e. The molecule has 0 spiro atoms. The third-order valence-electron chi connectivity index (χ3n) is 3.16. The molecule has 0 unspecified atom stereocenters. The van der Waals surface area contributed by atoms with E-state index >= 15 is 0 Å². The highest BCUT2D eigenvalue weighted by molar-refractivity contribution is 8.00. The lowest BCUT2D eigenvalue weighted by molar-refractivity contribution is -0.301. The van der Waals surface area contributed by atoms with Crippen LogP contribution < -0.4 is 10.4 Å². The van der Waals surface area contributed by atoms with Crippen molar-refractivity contribution in [1.29, 1.82) is 0 Å². The fourth-order valence-electron chi connectivity index (χ4n) is 2.37. The molecular weight excluding hydrogens is 262 g/mol. The number of carbonyl (C=O) groups excluding carboxylic acids is 2. The Kier molecular flexibility index (Phi) is 4.85. The second kappa shape index (κ2) is 6.61. The monoisotopic (exact) mass is 278 g/mol. The molecule has 102 valence electrons. The van der Waals surface area contributed by atoms with Gasteiger partial charge in [0, 0.05) is 5.75 Å². The number of hydrogen-bond donors (Lipinski definition) is 1. The molecule has 1 aromatic carbocycles. The van der Waals surface area contributed by atoms with Gasteiger partial charge in [-0.15, -0.1) is 11.8 Å². The molecule has 4 nitrogen and oxygen atoms in total. The first kappa shape index (κ1) is 13.9. The van der Waals surface area contributed by atoms with Crippen LogP contribution in [-0.2, 0) is 16.0 Å². The van der Waals surface area contributed by atoms with Gasteiger partial charge in [0.2, 0.25) is 5.91 Å². The molecule has 2 rings (SSSR count). The fourth-order valence-corrected chi connectivity index (χ4v) is 2.90. The van der Waals surface area contributed by atoms with Crippen molar-refractivity contribution in [2.24, 2.45) is 0 Å². The largest absolute Gasteiger partial charge is 0.549 e. The lowest BCUT2D eigenvalue weighted by Gasteiger charge is -2.26. The van der Waals surface area contributed by atoms with E-state index in [9.17, 15) is 14.7 Å². The van der Waals surface area contributed by atoms with Gasteiger partial charge in [0.1, 0.15) is 0 Å². The second-order valence-electron chi connectivity index (χ2n) is 4.58. The summed E-state index contributed by atoms with van der Waals surface area (Å²) >= 11 is 1.07. The van der Waals surface area contributed by atoms with E-state index in [1.54, 1.807) is 0 Å². The number of nitrogens with one attached hydrogen (secondary N) is 1. The molecule has 0 bridgehead atoms. The molecule has 0 radical (unpaired) electrons. The van der Waals surface area contributed by atoms with Gasteiger partial charge in [-0.25, -0.2) is 0 Å². The summed E-state index contributed by atoms with van der Waals surface area (Å²) < 4.78 is 0. The summed E-state index contributed by atoms with van der Waals surface area (Å²) in [7, 11) is 0. The van der Waals surface area contributed by atoms with E-state index in [1.807, 2.05) is 18.2 Å². The molecule has 0 saturated heterocycles. The van der Waals surface area contributed by atoms with E-state index in [2.05, 4.69) is 11.4 Å². The van der Waals surface area contributed by atoms with E-state index in [-0.39, 0.29) is 23.5 Å². The molecule has 1 aromatic rings. The maximum absolute atomic E-state index is 11.8. The van der Waals surface area contributed by atoms with E-state index in [0.717, 1.165) is 31.0 Å². The quantitative estimate of drug-likeness (QED) is 0.859. The lowest BCUT2D eigenvalue weighted by Crippen LogP contribution is -2.33. The number of carboxylic acid groups (broad SMARTS) is 1.